The van der Waals surface area contributed by atoms with Crippen LogP contribution in [-0.4, -0.2) is 19.9 Å². The lowest BCUT2D eigenvalue weighted by Crippen LogP contribution is -2.04. The molecule has 3 nitrogen and oxygen atoms in total. The number of nitrogens with one attached hydrogen (secondary N) is 2. The molecule has 0 aliphatic carbocycles. The first-order chi connectivity index (χ1) is 8.60. The van der Waals surface area contributed by atoms with Crippen molar-refractivity contribution in [1.82, 2.24) is 0 Å². The molecule has 0 atom stereocenters. The van der Waals surface area contributed by atoms with Gasteiger partial charge in [-0.1, -0.05) is 27.7 Å². The minimum absolute atomic E-state index is 0.506. The van der Waals surface area contributed by atoms with Gasteiger partial charge in [0.05, 0.1) is 12.7 Å². The largest absolute Gasteiger partial charge is 0.496 e. The van der Waals surface area contributed by atoms with Crippen LogP contribution < -0.4 is 10.1 Å². The van der Waals surface area contributed by atoms with Crippen LogP contribution in [0.1, 0.15) is 45.7 Å². The Kier molecular flexibility index (Phi) is 11.1. The first-order valence-electron chi connectivity index (χ1n) is 6.52. The van der Waals surface area contributed by atoms with Crippen molar-refractivity contribution in [3.8, 4) is 5.75 Å². The van der Waals surface area contributed by atoms with E-state index in [4.69, 9.17) is 10.1 Å². The number of rotatable bonds is 3. The number of methoxy groups -OCH3 is 1. The van der Waals surface area contributed by atoms with Crippen molar-refractivity contribution in [2.24, 2.45) is 0 Å². The highest BCUT2D eigenvalue weighted by Crippen LogP contribution is 2.28. The minimum atomic E-state index is 0.506. The number of ether oxygens (including phenoxy) is 1. The fourth-order valence-corrected chi connectivity index (χ4v) is 1.50. The highest BCUT2D eigenvalue weighted by Gasteiger charge is 2.10. The molecule has 18 heavy (non-hydrogen) atoms. The van der Waals surface area contributed by atoms with E-state index in [9.17, 15) is 0 Å². The molecule has 0 bridgehead atoms. The fourth-order valence-electron chi connectivity index (χ4n) is 1.50. The van der Waals surface area contributed by atoms with Crippen LogP contribution in [-0.2, 0) is 0 Å². The van der Waals surface area contributed by atoms with E-state index in [-0.39, 0.29) is 0 Å². The lowest BCUT2D eigenvalue weighted by atomic mass is 10.0. The molecule has 0 saturated heterocycles. The Morgan fingerprint density at radius 1 is 1.17 bits per heavy atom. The van der Waals surface area contributed by atoms with E-state index in [1.165, 1.54) is 0 Å². The average Bonchev–Trinajstić information content (AvgIpc) is 2.41. The van der Waals surface area contributed by atoms with Crippen LogP contribution in [0.2, 0.25) is 0 Å². The van der Waals surface area contributed by atoms with E-state index in [0.717, 1.165) is 22.6 Å². The number of anilines is 1. The van der Waals surface area contributed by atoms with Crippen molar-refractivity contribution < 1.29 is 4.74 Å². The zero-order valence-corrected chi connectivity index (χ0v) is 13.1. The van der Waals surface area contributed by atoms with Crippen LogP contribution in [0, 0.1) is 12.3 Å². The van der Waals surface area contributed by atoms with E-state index in [0.29, 0.717) is 5.71 Å². The van der Waals surface area contributed by atoms with Crippen LogP contribution in [0.25, 0.3) is 0 Å². The molecular weight excluding hydrogens is 224 g/mol. The van der Waals surface area contributed by atoms with E-state index >= 15 is 0 Å². The van der Waals surface area contributed by atoms with Gasteiger partial charge in [-0.25, -0.2) is 0 Å². The maximum atomic E-state index is 7.67. The summed E-state index contributed by atoms with van der Waals surface area (Å²) in [5.74, 6) is 0.752. The van der Waals surface area contributed by atoms with Crippen LogP contribution in [0.15, 0.2) is 12.1 Å². The molecular formula is C15H28N2O. The van der Waals surface area contributed by atoms with Gasteiger partial charge in [0.25, 0.3) is 0 Å². The Morgan fingerprint density at radius 2 is 1.67 bits per heavy atom. The highest BCUT2D eigenvalue weighted by molar-refractivity contribution is 6.04. The quantitative estimate of drug-likeness (QED) is 0.779. The Balaban J connectivity index is 0. The normalized spacial score (nSPS) is 8.22. The third-order valence-electron chi connectivity index (χ3n) is 2.11. The Hall–Kier alpha value is -1.51. The first-order valence-corrected chi connectivity index (χ1v) is 6.52. The summed E-state index contributed by atoms with van der Waals surface area (Å²) >= 11 is 0. The molecule has 1 aromatic rings. The summed E-state index contributed by atoms with van der Waals surface area (Å²) in [5.41, 5.74) is 3.40. The van der Waals surface area contributed by atoms with Gasteiger partial charge in [-0.2, -0.15) is 0 Å². The van der Waals surface area contributed by atoms with Gasteiger partial charge >= 0.3 is 0 Å². The highest BCUT2D eigenvalue weighted by atomic mass is 16.5. The van der Waals surface area contributed by atoms with Gasteiger partial charge in [-0.05, 0) is 31.5 Å². The molecule has 1 rings (SSSR count). The molecule has 0 amide bonds. The van der Waals surface area contributed by atoms with Crippen molar-refractivity contribution in [2.75, 3.05) is 19.5 Å². The number of benzene rings is 1. The summed E-state index contributed by atoms with van der Waals surface area (Å²) in [5, 5.41) is 10.7. The van der Waals surface area contributed by atoms with Gasteiger partial charge in [0.15, 0.2) is 0 Å². The molecule has 0 heterocycles. The third-order valence-corrected chi connectivity index (χ3v) is 2.11. The molecule has 0 saturated carbocycles. The monoisotopic (exact) mass is 252 g/mol. The lowest BCUT2D eigenvalue weighted by molar-refractivity contribution is 0.414. The van der Waals surface area contributed by atoms with E-state index in [2.05, 4.69) is 5.32 Å². The lowest BCUT2D eigenvalue weighted by Gasteiger charge is -2.13. The second-order valence-electron chi connectivity index (χ2n) is 3.26. The summed E-state index contributed by atoms with van der Waals surface area (Å²) in [7, 11) is 3.47. The Morgan fingerprint density at radius 3 is 2.00 bits per heavy atom. The van der Waals surface area contributed by atoms with Crippen LogP contribution in [0.5, 0.6) is 5.75 Å². The number of aryl methyl sites for hydroxylation is 1. The molecule has 0 radical (unpaired) electrons. The van der Waals surface area contributed by atoms with E-state index < -0.39 is 0 Å². The van der Waals surface area contributed by atoms with Gasteiger partial charge in [-0.3, -0.25) is 0 Å². The second kappa shape index (κ2) is 10.6. The zero-order chi connectivity index (χ0) is 14.7. The molecule has 0 aliphatic rings. The predicted octanol–water partition coefficient (Wildman–Crippen LogP) is 4.49. The molecule has 0 aromatic heterocycles. The van der Waals surface area contributed by atoms with Gasteiger partial charge in [0, 0.05) is 18.4 Å². The maximum Gasteiger partial charge on any atom is 0.130 e. The third kappa shape index (κ3) is 5.21. The first kappa shape index (κ1) is 18.8. The summed E-state index contributed by atoms with van der Waals surface area (Å²) < 4.78 is 5.25. The number of hydrogen-bond acceptors (Lipinski definition) is 3. The van der Waals surface area contributed by atoms with Crippen LogP contribution in [0.3, 0.4) is 0 Å². The van der Waals surface area contributed by atoms with Crippen molar-refractivity contribution in [3.05, 3.63) is 23.3 Å². The molecule has 0 unspecified atom stereocenters. The van der Waals surface area contributed by atoms with Gasteiger partial charge in [0.2, 0.25) is 0 Å². The van der Waals surface area contributed by atoms with Gasteiger partial charge in [0.1, 0.15) is 5.75 Å². The van der Waals surface area contributed by atoms with E-state index in [1.54, 1.807) is 14.0 Å². The molecule has 1 aromatic carbocycles. The molecule has 0 spiro atoms. The van der Waals surface area contributed by atoms with E-state index in [1.807, 2.05) is 53.8 Å². The topological polar surface area (TPSA) is 45.1 Å². The summed E-state index contributed by atoms with van der Waals surface area (Å²) in [6.45, 7) is 11.8. The van der Waals surface area contributed by atoms with Crippen molar-refractivity contribution >= 4 is 11.4 Å². The van der Waals surface area contributed by atoms with Crippen molar-refractivity contribution in [3.63, 3.8) is 0 Å². The fraction of sp³-hybridized carbons (Fsp3) is 0.533. The standard InChI is InChI=1S/C11H16N2O.2C2H6/c1-7-5-9(13-3)11(8(2)12)10(6-7)14-4;2*1-2/h5-6,12-13H,1-4H3;2*1-2H3. The number of hydrogen-bond donors (Lipinski definition) is 2. The van der Waals surface area contributed by atoms with Crippen molar-refractivity contribution in [1.29, 1.82) is 5.41 Å². The van der Waals surface area contributed by atoms with Crippen LogP contribution in [0.4, 0.5) is 5.69 Å². The summed E-state index contributed by atoms with van der Waals surface area (Å²) in [6.07, 6.45) is 0. The molecule has 0 aliphatic heterocycles. The Labute approximate surface area is 112 Å². The summed E-state index contributed by atoms with van der Waals surface area (Å²) in [6, 6.07) is 3.95. The average molecular weight is 252 g/mol. The summed E-state index contributed by atoms with van der Waals surface area (Å²) in [4.78, 5) is 0. The smallest absolute Gasteiger partial charge is 0.130 e. The van der Waals surface area contributed by atoms with Gasteiger partial charge in [-0.15, -0.1) is 0 Å². The predicted molar refractivity (Wildman–Crippen MR) is 82.5 cm³/mol. The second-order valence-corrected chi connectivity index (χ2v) is 3.26. The molecule has 104 valence electrons. The maximum absolute atomic E-state index is 7.67. The minimum Gasteiger partial charge on any atom is -0.496 e. The molecule has 3 heteroatoms. The van der Waals surface area contributed by atoms with Crippen LogP contribution >= 0.6 is 0 Å². The SMILES string of the molecule is CC.CC.CNc1cc(C)cc(OC)c1C(C)=N. The Bertz CT molecular complexity index is 335. The van der Waals surface area contributed by atoms with Crippen molar-refractivity contribution in [2.45, 2.75) is 41.5 Å². The van der Waals surface area contributed by atoms with Gasteiger partial charge < -0.3 is 15.5 Å². The molecule has 0 fully saturated rings. The molecule has 2 N–H and O–H groups in total. The zero-order valence-electron chi connectivity index (χ0n) is 13.1.